The second-order valence-corrected chi connectivity index (χ2v) is 5.13. The normalized spacial score (nSPS) is 29.2. The van der Waals surface area contributed by atoms with Crippen molar-refractivity contribution >= 4 is 11.8 Å². The topological polar surface area (TPSA) is 72.9 Å². The van der Waals surface area contributed by atoms with Gasteiger partial charge in [0.2, 0.25) is 0 Å². The van der Waals surface area contributed by atoms with Gasteiger partial charge in [-0.05, 0) is 12.3 Å². The zero-order valence-corrected chi connectivity index (χ0v) is 10.8. The SMILES string of the molecule is CC1CCN(C(=O)C(=O)N2CCNCC2)CC1O. The monoisotopic (exact) mass is 255 g/mol. The third-order valence-electron chi connectivity index (χ3n) is 3.79. The molecule has 0 aliphatic carbocycles. The number of hydrogen-bond donors (Lipinski definition) is 2. The van der Waals surface area contributed by atoms with Gasteiger partial charge in [-0.3, -0.25) is 9.59 Å². The Kier molecular flexibility index (Phi) is 4.19. The number of hydrogen-bond acceptors (Lipinski definition) is 4. The highest BCUT2D eigenvalue weighted by Crippen LogP contribution is 2.17. The lowest BCUT2D eigenvalue weighted by Gasteiger charge is -2.35. The fourth-order valence-electron chi connectivity index (χ4n) is 2.37. The molecule has 2 rings (SSSR count). The van der Waals surface area contributed by atoms with Crippen molar-refractivity contribution in [3.05, 3.63) is 0 Å². The molecule has 2 fully saturated rings. The van der Waals surface area contributed by atoms with E-state index in [1.165, 1.54) is 4.90 Å². The van der Waals surface area contributed by atoms with Crippen molar-refractivity contribution in [1.29, 1.82) is 0 Å². The van der Waals surface area contributed by atoms with E-state index >= 15 is 0 Å². The van der Waals surface area contributed by atoms with E-state index in [-0.39, 0.29) is 12.5 Å². The number of aliphatic hydroxyl groups excluding tert-OH is 1. The van der Waals surface area contributed by atoms with Crippen molar-refractivity contribution in [3.8, 4) is 0 Å². The summed E-state index contributed by atoms with van der Waals surface area (Å²) in [7, 11) is 0. The van der Waals surface area contributed by atoms with Crippen molar-refractivity contribution in [2.24, 2.45) is 5.92 Å². The Hall–Kier alpha value is -1.14. The highest BCUT2D eigenvalue weighted by atomic mass is 16.3. The second kappa shape index (κ2) is 5.67. The van der Waals surface area contributed by atoms with Crippen LogP contribution in [0.1, 0.15) is 13.3 Å². The summed E-state index contributed by atoms with van der Waals surface area (Å²) in [6.07, 6.45) is 0.236. The number of piperidine rings is 1. The van der Waals surface area contributed by atoms with Crippen LogP contribution in [0.5, 0.6) is 0 Å². The fraction of sp³-hybridized carbons (Fsp3) is 0.833. The zero-order chi connectivity index (χ0) is 13.1. The highest BCUT2D eigenvalue weighted by Gasteiger charge is 2.32. The Bertz CT molecular complexity index is 329. The number of amides is 2. The van der Waals surface area contributed by atoms with Crippen molar-refractivity contribution in [2.45, 2.75) is 19.4 Å². The van der Waals surface area contributed by atoms with Crippen LogP contribution < -0.4 is 5.32 Å². The van der Waals surface area contributed by atoms with Crippen molar-refractivity contribution in [2.75, 3.05) is 39.3 Å². The minimum atomic E-state index is -0.515. The number of nitrogens with zero attached hydrogens (tertiary/aromatic N) is 2. The van der Waals surface area contributed by atoms with E-state index in [0.717, 1.165) is 19.5 Å². The molecule has 2 amide bonds. The lowest BCUT2D eigenvalue weighted by atomic mass is 9.96. The molecule has 6 heteroatoms. The van der Waals surface area contributed by atoms with Gasteiger partial charge in [0.05, 0.1) is 6.10 Å². The van der Waals surface area contributed by atoms with Gasteiger partial charge in [-0.2, -0.15) is 0 Å². The first-order valence-corrected chi connectivity index (χ1v) is 6.56. The molecule has 0 bridgehead atoms. The molecular weight excluding hydrogens is 234 g/mol. The third-order valence-corrected chi connectivity index (χ3v) is 3.79. The molecule has 6 nitrogen and oxygen atoms in total. The van der Waals surface area contributed by atoms with Gasteiger partial charge >= 0.3 is 11.8 Å². The van der Waals surface area contributed by atoms with Gasteiger partial charge in [-0.1, -0.05) is 6.92 Å². The molecule has 2 unspecified atom stereocenters. The van der Waals surface area contributed by atoms with E-state index in [0.29, 0.717) is 19.6 Å². The molecule has 0 saturated carbocycles. The fourth-order valence-corrected chi connectivity index (χ4v) is 2.37. The number of likely N-dealkylation sites (tertiary alicyclic amines) is 1. The number of nitrogens with one attached hydrogen (secondary N) is 1. The van der Waals surface area contributed by atoms with Crippen molar-refractivity contribution in [1.82, 2.24) is 15.1 Å². The Morgan fingerprint density at radius 1 is 1.11 bits per heavy atom. The van der Waals surface area contributed by atoms with Crippen LogP contribution in [-0.2, 0) is 9.59 Å². The average Bonchev–Trinajstić information content (AvgIpc) is 2.41. The van der Waals surface area contributed by atoms with Gasteiger partial charge in [0.15, 0.2) is 0 Å². The van der Waals surface area contributed by atoms with Crippen LogP contribution in [0.15, 0.2) is 0 Å². The average molecular weight is 255 g/mol. The first-order valence-electron chi connectivity index (χ1n) is 6.56. The summed E-state index contributed by atoms with van der Waals surface area (Å²) in [6.45, 7) is 5.43. The minimum Gasteiger partial charge on any atom is -0.391 e. The molecule has 2 N–H and O–H groups in total. The number of rotatable bonds is 0. The van der Waals surface area contributed by atoms with Crippen LogP contribution in [-0.4, -0.2) is 72.1 Å². The lowest BCUT2D eigenvalue weighted by molar-refractivity contribution is -0.154. The van der Waals surface area contributed by atoms with E-state index in [1.807, 2.05) is 6.92 Å². The summed E-state index contributed by atoms with van der Waals surface area (Å²) in [5.41, 5.74) is 0. The van der Waals surface area contributed by atoms with Crippen LogP contribution in [0.3, 0.4) is 0 Å². The van der Waals surface area contributed by atoms with Crippen LogP contribution in [0.2, 0.25) is 0 Å². The van der Waals surface area contributed by atoms with Crippen LogP contribution in [0.4, 0.5) is 0 Å². The summed E-state index contributed by atoms with van der Waals surface area (Å²) in [5, 5.41) is 12.9. The van der Waals surface area contributed by atoms with Gasteiger partial charge in [0.25, 0.3) is 0 Å². The smallest absolute Gasteiger partial charge is 0.312 e. The summed E-state index contributed by atoms with van der Waals surface area (Å²) in [4.78, 5) is 27.1. The molecule has 0 radical (unpaired) electrons. The number of carbonyl (C=O) groups is 2. The van der Waals surface area contributed by atoms with Gasteiger partial charge in [0, 0.05) is 39.3 Å². The minimum absolute atomic E-state index is 0.198. The number of aliphatic hydroxyl groups is 1. The predicted octanol–water partition coefficient (Wildman–Crippen LogP) is -1.35. The van der Waals surface area contributed by atoms with Crippen LogP contribution in [0, 0.1) is 5.92 Å². The zero-order valence-electron chi connectivity index (χ0n) is 10.8. The highest BCUT2D eigenvalue weighted by molar-refractivity contribution is 6.34. The van der Waals surface area contributed by atoms with E-state index in [1.54, 1.807) is 4.90 Å². The quantitative estimate of drug-likeness (QED) is 0.525. The standard InChI is InChI=1S/C12H21N3O3/c1-9-2-5-15(8-10(9)16)12(18)11(17)14-6-3-13-4-7-14/h9-10,13,16H,2-8H2,1H3. The van der Waals surface area contributed by atoms with Crippen LogP contribution >= 0.6 is 0 Å². The van der Waals surface area contributed by atoms with E-state index in [2.05, 4.69) is 5.32 Å². The predicted molar refractivity (Wildman–Crippen MR) is 65.8 cm³/mol. The molecule has 2 aliphatic rings. The molecule has 102 valence electrons. The summed E-state index contributed by atoms with van der Waals surface area (Å²) < 4.78 is 0. The van der Waals surface area contributed by atoms with Gasteiger partial charge in [-0.15, -0.1) is 0 Å². The van der Waals surface area contributed by atoms with Gasteiger partial charge in [0.1, 0.15) is 0 Å². The Morgan fingerprint density at radius 2 is 1.72 bits per heavy atom. The Labute approximate surface area is 107 Å². The Morgan fingerprint density at radius 3 is 2.33 bits per heavy atom. The van der Waals surface area contributed by atoms with E-state index in [9.17, 15) is 14.7 Å². The number of piperazine rings is 1. The molecule has 0 aromatic heterocycles. The van der Waals surface area contributed by atoms with Gasteiger partial charge < -0.3 is 20.2 Å². The Balaban J connectivity index is 1.92. The maximum atomic E-state index is 12.1. The summed E-state index contributed by atoms with van der Waals surface area (Å²) in [6, 6.07) is 0. The third kappa shape index (κ3) is 2.81. The first kappa shape index (κ1) is 13.3. The maximum absolute atomic E-state index is 12.1. The van der Waals surface area contributed by atoms with E-state index in [4.69, 9.17) is 0 Å². The molecule has 0 aromatic rings. The van der Waals surface area contributed by atoms with Crippen molar-refractivity contribution in [3.63, 3.8) is 0 Å². The van der Waals surface area contributed by atoms with Gasteiger partial charge in [-0.25, -0.2) is 0 Å². The number of β-amino-alcohol motifs (C(OH)–C–C–N with tert-alkyl or cyclic N) is 1. The maximum Gasteiger partial charge on any atom is 0.312 e. The van der Waals surface area contributed by atoms with Crippen LogP contribution in [0.25, 0.3) is 0 Å². The lowest BCUT2D eigenvalue weighted by Crippen LogP contribution is -2.55. The largest absolute Gasteiger partial charge is 0.391 e. The summed E-state index contributed by atoms with van der Waals surface area (Å²) in [5.74, 6) is -0.704. The first-order chi connectivity index (χ1) is 8.59. The molecule has 2 atom stereocenters. The molecule has 2 heterocycles. The molecule has 0 spiro atoms. The van der Waals surface area contributed by atoms with Crippen molar-refractivity contribution < 1.29 is 14.7 Å². The van der Waals surface area contributed by atoms with E-state index < -0.39 is 17.9 Å². The summed E-state index contributed by atoms with van der Waals surface area (Å²) >= 11 is 0. The molecule has 2 saturated heterocycles. The molecular formula is C12H21N3O3. The second-order valence-electron chi connectivity index (χ2n) is 5.13. The molecule has 2 aliphatic heterocycles. The molecule has 18 heavy (non-hydrogen) atoms. The molecule has 0 aromatic carbocycles. The number of carbonyl (C=O) groups excluding carboxylic acids is 2.